The molecule has 0 saturated carbocycles. The first kappa shape index (κ1) is 25.7. The Morgan fingerprint density at radius 3 is 2.38 bits per heavy atom. The van der Waals surface area contributed by atoms with Gasteiger partial charge in [0, 0.05) is 49.9 Å². The number of benzene rings is 5. The summed E-state index contributed by atoms with van der Waals surface area (Å²) in [6, 6.07) is 34.6. The highest BCUT2D eigenvalue weighted by molar-refractivity contribution is 6.13. The molecule has 0 N–H and O–H groups in total. The van der Waals surface area contributed by atoms with Crippen molar-refractivity contribution in [1.82, 2.24) is 4.57 Å². The second kappa shape index (κ2) is 9.87. The van der Waals surface area contributed by atoms with Crippen LogP contribution >= 0.6 is 0 Å². The minimum absolute atomic E-state index is 0.0385. The first-order chi connectivity index (χ1) is 22.2. The molecule has 2 aromatic heterocycles. The number of ether oxygens (including phenoxy) is 1. The highest BCUT2D eigenvalue weighted by Crippen LogP contribution is 2.48. The van der Waals surface area contributed by atoms with Crippen molar-refractivity contribution in [2.24, 2.45) is 0 Å². The second-order valence-corrected chi connectivity index (χ2v) is 11.8. The summed E-state index contributed by atoms with van der Waals surface area (Å²) in [7, 11) is 0. The van der Waals surface area contributed by atoms with Crippen molar-refractivity contribution in [2.75, 3.05) is 0 Å². The monoisotopic (exact) mass is 579 g/mol. The Hall–Kier alpha value is -5.80. The molecule has 9 rings (SSSR count). The van der Waals surface area contributed by atoms with Crippen molar-refractivity contribution in [3.05, 3.63) is 158 Å². The van der Waals surface area contributed by atoms with E-state index in [0.717, 1.165) is 66.7 Å². The lowest BCUT2D eigenvalue weighted by atomic mass is 9.90. The lowest BCUT2D eigenvalue weighted by molar-refractivity contribution is 0.270. The molecule has 2 atom stereocenters. The zero-order valence-electron chi connectivity index (χ0n) is 24.6. The van der Waals surface area contributed by atoms with Gasteiger partial charge in [0.1, 0.15) is 23.0 Å². The number of hydrogen-bond acceptors (Lipinski definition) is 2. The third-order valence-electron chi connectivity index (χ3n) is 9.25. The summed E-state index contributed by atoms with van der Waals surface area (Å²) in [5, 5.41) is 4.59. The zero-order chi connectivity index (χ0) is 30.1. The minimum atomic E-state index is 0.0385. The molecule has 2 aliphatic rings. The molecule has 7 aromatic rings. The van der Waals surface area contributed by atoms with E-state index in [2.05, 4.69) is 139 Å². The molecule has 0 saturated heterocycles. The summed E-state index contributed by atoms with van der Waals surface area (Å²) in [5.74, 6) is 1.20. The highest BCUT2D eigenvalue weighted by Gasteiger charge is 2.34. The molecule has 3 heteroatoms. The van der Waals surface area contributed by atoms with E-state index in [-0.39, 0.29) is 12.0 Å². The number of para-hydroxylation sites is 3. The molecule has 2 unspecified atom stereocenters. The maximum atomic E-state index is 6.59. The molecule has 3 nitrogen and oxygen atoms in total. The Balaban J connectivity index is 1.18. The lowest BCUT2D eigenvalue weighted by Crippen LogP contribution is -2.15. The van der Waals surface area contributed by atoms with E-state index >= 15 is 0 Å². The Morgan fingerprint density at radius 2 is 1.47 bits per heavy atom. The molecule has 0 radical (unpaired) electrons. The van der Waals surface area contributed by atoms with Crippen LogP contribution in [0.25, 0.3) is 71.7 Å². The van der Waals surface area contributed by atoms with Crippen LogP contribution in [-0.2, 0) is 0 Å². The minimum Gasteiger partial charge on any atom is -0.484 e. The predicted molar refractivity (Wildman–Crippen MR) is 188 cm³/mol. The molecule has 5 aromatic carbocycles. The molecular formula is C42H29NO2. The third-order valence-corrected chi connectivity index (χ3v) is 9.25. The summed E-state index contributed by atoms with van der Waals surface area (Å²) in [6.07, 6.45) is 14.3. The van der Waals surface area contributed by atoms with Crippen molar-refractivity contribution < 1.29 is 9.15 Å². The van der Waals surface area contributed by atoms with Gasteiger partial charge in [-0.25, -0.2) is 0 Å². The van der Waals surface area contributed by atoms with Gasteiger partial charge in [-0.15, -0.1) is 0 Å². The predicted octanol–water partition coefficient (Wildman–Crippen LogP) is 11.2. The number of aromatic nitrogens is 1. The van der Waals surface area contributed by atoms with Crippen molar-refractivity contribution in [1.29, 1.82) is 0 Å². The van der Waals surface area contributed by atoms with Crippen molar-refractivity contribution in [3.63, 3.8) is 0 Å². The van der Waals surface area contributed by atoms with Gasteiger partial charge in [-0.3, -0.25) is 0 Å². The van der Waals surface area contributed by atoms with Crippen LogP contribution in [0.3, 0.4) is 0 Å². The van der Waals surface area contributed by atoms with Crippen LogP contribution in [0.15, 0.2) is 157 Å². The molecule has 214 valence electrons. The Kier molecular flexibility index (Phi) is 5.63. The van der Waals surface area contributed by atoms with Gasteiger partial charge in [0.2, 0.25) is 0 Å². The van der Waals surface area contributed by atoms with Gasteiger partial charge in [0.15, 0.2) is 0 Å². The van der Waals surface area contributed by atoms with Gasteiger partial charge in [-0.2, -0.15) is 0 Å². The Morgan fingerprint density at radius 1 is 0.711 bits per heavy atom. The highest BCUT2D eigenvalue weighted by atomic mass is 16.5. The molecule has 3 heterocycles. The van der Waals surface area contributed by atoms with E-state index in [0.29, 0.717) is 0 Å². The number of hydrogen-bond donors (Lipinski definition) is 0. The smallest absolute Gasteiger partial charge is 0.143 e. The fraction of sp³-hybridized carbons (Fsp3) is 0.0476. The SMILES string of the molecule is C=C/C=C\C(=C)n1c2ccccc2c2cc(-c3ccc4oc5c(-c6cccc7c6OC6C=CC=CC76)cccc5c4c3)ccc21. The van der Waals surface area contributed by atoms with Gasteiger partial charge in [-0.1, -0.05) is 110 Å². The molecule has 0 amide bonds. The van der Waals surface area contributed by atoms with Gasteiger partial charge in [-0.05, 0) is 53.6 Å². The van der Waals surface area contributed by atoms with Crippen LogP contribution in [0, 0.1) is 0 Å². The maximum absolute atomic E-state index is 6.59. The fourth-order valence-corrected chi connectivity index (χ4v) is 7.18. The molecule has 1 aliphatic heterocycles. The van der Waals surface area contributed by atoms with Gasteiger partial charge >= 0.3 is 0 Å². The molecular weight excluding hydrogens is 550 g/mol. The summed E-state index contributed by atoms with van der Waals surface area (Å²) in [6.45, 7) is 8.16. The van der Waals surface area contributed by atoms with E-state index in [4.69, 9.17) is 9.15 Å². The van der Waals surface area contributed by atoms with Crippen LogP contribution < -0.4 is 4.74 Å². The quantitative estimate of drug-likeness (QED) is 0.190. The second-order valence-electron chi connectivity index (χ2n) is 11.8. The number of furan rings is 1. The molecule has 0 spiro atoms. The molecule has 0 fully saturated rings. The van der Waals surface area contributed by atoms with Crippen LogP contribution in [0.4, 0.5) is 0 Å². The van der Waals surface area contributed by atoms with E-state index in [1.807, 2.05) is 12.2 Å². The normalized spacial score (nSPS) is 17.0. The Bertz CT molecular complexity index is 2460. The molecule has 1 aliphatic carbocycles. The van der Waals surface area contributed by atoms with Crippen LogP contribution in [0.5, 0.6) is 5.75 Å². The summed E-state index contributed by atoms with van der Waals surface area (Å²) in [5.41, 5.74) is 10.6. The topological polar surface area (TPSA) is 27.3 Å². The van der Waals surface area contributed by atoms with E-state index in [1.54, 1.807) is 6.08 Å². The number of fused-ring (bicyclic) bond motifs is 9. The van der Waals surface area contributed by atoms with E-state index in [1.165, 1.54) is 16.3 Å². The summed E-state index contributed by atoms with van der Waals surface area (Å²) >= 11 is 0. The van der Waals surface area contributed by atoms with Crippen LogP contribution in [-0.4, -0.2) is 10.7 Å². The zero-order valence-corrected chi connectivity index (χ0v) is 24.6. The average Bonchev–Trinajstić information content (AvgIpc) is 3.76. The first-order valence-electron chi connectivity index (χ1n) is 15.3. The van der Waals surface area contributed by atoms with Crippen molar-refractivity contribution in [3.8, 4) is 28.0 Å². The molecule has 45 heavy (non-hydrogen) atoms. The summed E-state index contributed by atoms with van der Waals surface area (Å²) < 4.78 is 15.3. The van der Waals surface area contributed by atoms with Crippen molar-refractivity contribution >= 4 is 49.4 Å². The van der Waals surface area contributed by atoms with Gasteiger partial charge in [0.05, 0.1) is 11.0 Å². The number of nitrogens with zero attached hydrogens (tertiary/aromatic N) is 1. The van der Waals surface area contributed by atoms with Crippen molar-refractivity contribution in [2.45, 2.75) is 12.0 Å². The fourth-order valence-electron chi connectivity index (χ4n) is 7.18. The lowest BCUT2D eigenvalue weighted by Gasteiger charge is -2.14. The third kappa shape index (κ3) is 3.84. The summed E-state index contributed by atoms with van der Waals surface area (Å²) in [4.78, 5) is 0. The average molecular weight is 580 g/mol. The maximum Gasteiger partial charge on any atom is 0.143 e. The largest absolute Gasteiger partial charge is 0.484 e. The Labute approximate surface area is 261 Å². The van der Waals surface area contributed by atoms with Crippen LogP contribution in [0.1, 0.15) is 11.5 Å². The number of rotatable bonds is 5. The number of allylic oxidation sites excluding steroid dienone is 6. The first-order valence-corrected chi connectivity index (χ1v) is 15.3. The van der Waals surface area contributed by atoms with Gasteiger partial charge in [0.25, 0.3) is 0 Å². The molecule has 0 bridgehead atoms. The van der Waals surface area contributed by atoms with E-state index < -0.39 is 0 Å². The van der Waals surface area contributed by atoms with Gasteiger partial charge < -0.3 is 13.7 Å². The van der Waals surface area contributed by atoms with E-state index in [9.17, 15) is 0 Å². The van der Waals surface area contributed by atoms with Crippen LogP contribution in [0.2, 0.25) is 0 Å². The standard InChI is InChI=1S/C42H29NO2/c1-3-4-11-26(2)43-37-18-7-5-12-29(37)35-24-27(20-22-38(35)43)28-21-23-40-36(25-28)34-17-10-16-33(42(34)45-40)32-15-9-14-31-30-13-6-8-19-39(30)44-41(31)32/h3-25,30,39H,1-2H2/b11-4-.